The highest BCUT2D eigenvalue weighted by atomic mass is 32.1. The summed E-state index contributed by atoms with van der Waals surface area (Å²) in [6.45, 7) is 4.53. The van der Waals surface area contributed by atoms with Crippen molar-refractivity contribution >= 4 is 23.3 Å². The lowest BCUT2D eigenvalue weighted by Gasteiger charge is -2.28. The Labute approximate surface area is 113 Å². The zero-order chi connectivity index (χ0) is 12.7. The molecule has 18 heavy (non-hydrogen) atoms. The van der Waals surface area contributed by atoms with Crippen molar-refractivity contribution in [3.05, 3.63) is 28.5 Å². The van der Waals surface area contributed by atoms with Crippen LogP contribution in [-0.2, 0) is 0 Å². The van der Waals surface area contributed by atoms with Crippen LogP contribution >= 0.6 is 12.2 Å². The van der Waals surface area contributed by atoms with Crippen LogP contribution in [0.15, 0.2) is 18.2 Å². The Morgan fingerprint density at radius 2 is 2.17 bits per heavy atom. The maximum Gasteiger partial charge on any atom is 0.178 e. The Bertz CT molecular complexity index is 623. The summed E-state index contributed by atoms with van der Waals surface area (Å²) in [6.07, 6.45) is 5.22. The maximum absolute atomic E-state index is 5.54. The standard InChI is InChI=1S/C15H20N2S/c1-10-5-3-7-12(9-10)17-14-11(2)6-4-8-13(14)16-15(17)18/h4,6,8,10,12H,3,5,7,9H2,1-2H3,(H,16,18). The number of nitrogens with one attached hydrogen (secondary N) is 1. The predicted molar refractivity (Wildman–Crippen MR) is 78.5 cm³/mol. The zero-order valence-corrected chi connectivity index (χ0v) is 11.9. The second kappa shape index (κ2) is 4.54. The third-order valence-corrected chi connectivity index (χ3v) is 4.51. The van der Waals surface area contributed by atoms with Gasteiger partial charge in [0, 0.05) is 6.04 Å². The topological polar surface area (TPSA) is 20.7 Å². The highest BCUT2D eigenvalue weighted by Gasteiger charge is 2.22. The van der Waals surface area contributed by atoms with Crippen molar-refractivity contribution in [1.29, 1.82) is 0 Å². The second-order valence-corrected chi connectivity index (χ2v) is 6.08. The number of imidazole rings is 1. The third kappa shape index (κ3) is 1.91. The summed E-state index contributed by atoms with van der Waals surface area (Å²) in [5.74, 6) is 0.819. The zero-order valence-electron chi connectivity index (χ0n) is 11.1. The Hall–Kier alpha value is -1.09. The fraction of sp³-hybridized carbons (Fsp3) is 0.533. The Morgan fingerprint density at radius 3 is 2.94 bits per heavy atom. The number of aryl methyl sites for hydroxylation is 1. The van der Waals surface area contributed by atoms with Gasteiger partial charge in [-0.25, -0.2) is 0 Å². The summed E-state index contributed by atoms with van der Waals surface area (Å²) in [5.41, 5.74) is 3.80. The van der Waals surface area contributed by atoms with Gasteiger partial charge in [0.1, 0.15) is 0 Å². The molecule has 0 radical (unpaired) electrons. The minimum absolute atomic E-state index is 0.580. The van der Waals surface area contributed by atoms with Crippen molar-refractivity contribution in [3.63, 3.8) is 0 Å². The monoisotopic (exact) mass is 260 g/mol. The van der Waals surface area contributed by atoms with Crippen molar-refractivity contribution in [2.75, 3.05) is 0 Å². The lowest BCUT2D eigenvalue weighted by atomic mass is 9.87. The number of aromatic nitrogens is 2. The summed E-state index contributed by atoms with van der Waals surface area (Å²) in [5, 5.41) is 0. The molecule has 0 saturated heterocycles. The number of para-hydroxylation sites is 1. The maximum atomic E-state index is 5.54. The molecule has 2 unspecified atom stereocenters. The van der Waals surface area contributed by atoms with E-state index in [-0.39, 0.29) is 0 Å². The number of aromatic amines is 1. The average Bonchev–Trinajstić information content (AvgIpc) is 2.67. The molecule has 2 atom stereocenters. The van der Waals surface area contributed by atoms with Crippen molar-refractivity contribution in [2.24, 2.45) is 5.92 Å². The van der Waals surface area contributed by atoms with E-state index in [4.69, 9.17) is 12.2 Å². The van der Waals surface area contributed by atoms with Crippen LogP contribution in [0.4, 0.5) is 0 Å². The molecule has 1 fully saturated rings. The lowest BCUT2D eigenvalue weighted by Crippen LogP contribution is -2.18. The van der Waals surface area contributed by atoms with E-state index in [1.54, 1.807) is 0 Å². The van der Waals surface area contributed by atoms with Gasteiger partial charge in [-0.3, -0.25) is 0 Å². The summed E-state index contributed by atoms with van der Waals surface area (Å²) in [6, 6.07) is 6.97. The molecule has 2 aromatic rings. The molecule has 0 bridgehead atoms. The molecule has 1 aliphatic carbocycles. The molecule has 1 N–H and O–H groups in total. The van der Waals surface area contributed by atoms with E-state index in [1.165, 1.54) is 42.3 Å². The molecule has 0 amide bonds. The van der Waals surface area contributed by atoms with Gasteiger partial charge < -0.3 is 9.55 Å². The fourth-order valence-corrected chi connectivity index (χ4v) is 3.69. The molecule has 3 rings (SSSR count). The van der Waals surface area contributed by atoms with E-state index in [0.29, 0.717) is 6.04 Å². The van der Waals surface area contributed by atoms with E-state index in [1.807, 2.05) is 0 Å². The molecule has 1 saturated carbocycles. The molecular weight excluding hydrogens is 240 g/mol. The van der Waals surface area contributed by atoms with Crippen LogP contribution in [0.3, 0.4) is 0 Å². The highest BCUT2D eigenvalue weighted by Crippen LogP contribution is 2.35. The minimum Gasteiger partial charge on any atom is -0.331 e. The van der Waals surface area contributed by atoms with Gasteiger partial charge in [0.2, 0.25) is 0 Å². The van der Waals surface area contributed by atoms with E-state index in [9.17, 15) is 0 Å². The quantitative estimate of drug-likeness (QED) is 0.733. The Kier molecular flexibility index (Phi) is 3.02. The smallest absolute Gasteiger partial charge is 0.178 e. The fourth-order valence-electron chi connectivity index (χ4n) is 3.34. The third-order valence-electron chi connectivity index (χ3n) is 4.21. The van der Waals surface area contributed by atoms with E-state index >= 15 is 0 Å². The van der Waals surface area contributed by atoms with Crippen LogP contribution in [0, 0.1) is 17.6 Å². The van der Waals surface area contributed by atoms with Crippen LogP contribution < -0.4 is 0 Å². The molecule has 2 nitrogen and oxygen atoms in total. The van der Waals surface area contributed by atoms with Gasteiger partial charge in [-0.05, 0) is 49.5 Å². The van der Waals surface area contributed by atoms with Gasteiger partial charge in [-0.1, -0.05) is 31.9 Å². The molecule has 1 aromatic carbocycles. The largest absolute Gasteiger partial charge is 0.331 e. The Morgan fingerprint density at radius 1 is 1.33 bits per heavy atom. The molecule has 1 aliphatic rings. The van der Waals surface area contributed by atoms with Gasteiger partial charge >= 0.3 is 0 Å². The number of nitrogens with zero attached hydrogens (tertiary/aromatic N) is 1. The Balaban J connectivity index is 2.16. The highest BCUT2D eigenvalue weighted by molar-refractivity contribution is 7.71. The van der Waals surface area contributed by atoms with Crippen LogP contribution in [0.1, 0.15) is 44.2 Å². The predicted octanol–water partition coefficient (Wildman–Crippen LogP) is 4.76. The number of hydrogen-bond acceptors (Lipinski definition) is 1. The van der Waals surface area contributed by atoms with Crippen LogP contribution in [-0.4, -0.2) is 9.55 Å². The molecule has 1 aromatic heterocycles. The molecular formula is C15H20N2S. The summed E-state index contributed by atoms with van der Waals surface area (Å²) in [7, 11) is 0. The van der Waals surface area contributed by atoms with Gasteiger partial charge in [0.15, 0.2) is 4.77 Å². The SMILES string of the molecule is Cc1cccc2[nH]c(=S)n(C3CCCC(C)C3)c12. The summed E-state index contributed by atoms with van der Waals surface area (Å²) in [4.78, 5) is 3.36. The first-order chi connectivity index (χ1) is 8.66. The minimum atomic E-state index is 0.580. The van der Waals surface area contributed by atoms with Crippen LogP contribution in [0.25, 0.3) is 11.0 Å². The van der Waals surface area contributed by atoms with Gasteiger partial charge in [-0.2, -0.15) is 0 Å². The van der Waals surface area contributed by atoms with Gasteiger partial charge in [0.05, 0.1) is 11.0 Å². The number of H-pyrrole nitrogens is 1. The number of benzene rings is 1. The normalized spacial score (nSPS) is 24.6. The van der Waals surface area contributed by atoms with Gasteiger partial charge in [-0.15, -0.1) is 0 Å². The molecule has 0 aliphatic heterocycles. The number of fused-ring (bicyclic) bond motifs is 1. The lowest BCUT2D eigenvalue weighted by molar-refractivity contribution is 0.285. The first-order valence-corrected chi connectivity index (χ1v) is 7.27. The average molecular weight is 260 g/mol. The molecule has 0 spiro atoms. The molecule has 96 valence electrons. The summed E-state index contributed by atoms with van der Waals surface area (Å²) >= 11 is 5.54. The van der Waals surface area contributed by atoms with Crippen LogP contribution in [0.5, 0.6) is 0 Å². The molecule has 1 heterocycles. The van der Waals surface area contributed by atoms with E-state index < -0.39 is 0 Å². The number of rotatable bonds is 1. The second-order valence-electron chi connectivity index (χ2n) is 5.70. The number of hydrogen-bond donors (Lipinski definition) is 1. The van der Waals surface area contributed by atoms with E-state index in [0.717, 1.165) is 10.7 Å². The van der Waals surface area contributed by atoms with Crippen molar-refractivity contribution < 1.29 is 0 Å². The van der Waals surface area contributed by atoms with Crippen LogP contribution in [0.2, 0.25) is 0 Å². The van der Waals surface area contributed by atoms with Gasteiger partial charge in [0.25, 0.3) is 0 Å². The summed E-state index contributed by atoms with van der Waals surface area (Å²) < 4.78 is 3.26. The van der Waals surface area contributed by atoms with Crippen molar-refractivity contribution in [3.8, 4) is 0 Å². The van der Waals surface area contributed by atoms with E-state index in [2.05, 4.69) is 41.6 Å². The molecule has 3 heteroatoms. The first-order valence-electron chi connectivity index (χ1n) is 6.86. The van der Waals surface area contributed by atoms with Crippen molar-refractivity contribution in [1.82, 2.24) is 9.55 Å². The van der Waals surface area contributed by atoms with Crippen molar-refractivity contribution in [2.45, 2.75) is 45.6 Å². The first kappa shape index (κ1) is 12.0.